The summed E-state index contributed by atoms with van der Waals surface area (Å²) < 4.78 is 5.77. The number of hydrogen-bond donors (Lipinski definition) is 1. The van der Waals surface area contributed by atoms with Crippen LogP contribution < -0.4 is 0 Å². The van der Waals surface area contributed by atoms with Crippen molar-refractivity contribution in [2.45, 2.75) is 59.0 Å². The number of fused-ring (bicyclic) bond motifs is 2. The summed E-state index contributed by atoms with van der Waals surface area (Å²) in [7, 11) is 0. The molecule has 0 spiro atoms. The highest BCUT2D eigenvalue weighted by Crippen LogP contribution is 2.49. The predicted octanol–water partition coefficient (Wildman–Crippen LogP) is 4.49. The lowest BCUT2D eigenvalue weighted by molar-refractivity contribution is -0.135. The van der Waals surface area contributed by atoms with Crippen LogP contribution in [0.5, 0.6) is 0 Å². The average Bonchev–Trinajstić information content (AvgIpc) is 2.82. The minimum Gasteiger partial charge on any atom is -0.468 e. The first-order chi connectivity index (χ1) is 11.1. The molecule has 1 heterocycles. The number of carbonyl (C=O) groups is 1. The highest BCUT2D eigenvalue weighted by molar-refractivity contribution is 6.43. The second-order valence-corrected chi connectivity index (χ2v) is 8.21. The zero-order valence-corrected chi connectivity index (χ0v) is 15.5. The summed E-state index contributed by atoms with van der Waals surface area (Å²) in [5, 5.41) is 11.2. The van der Waals surface area contributed by atoms with E-state index in [1.807, 2.05) is 13.8 Å². The van der Waals surface area contributed by atoms with Crippen molar-refractivity contribution in [3.05, 3.63) is 45.9 Å². The van der Waals surface area contributed by atoms with Crippen molar-refractivity contribution >= 4 is 17.4 Å². The lowest BCUT2D eigenvalue weighted by Crippen LogP contribution is -2.52. The molecule has 130 valence electrons. The van der Waals surface area contributed by atoms with Gasteiger partial charge >= 0.3 is 0 Å². The number of hydrogen-bond acceptors (Lipinski definition) is 3. The van der Waals surface area contributed by atoms with Crippen LogP contribution in [0.25, 0.3) is 0 Å². The van der Waals surface area contributed by atoms with Crippen molar-refractivity contribution in [3.8, 4) is 0 Å². The maximum absolute atomic E-state index is 12.9. The molecule has 0 bridgehead atoms. The summed E-state index contributed by atoms with van der Waals surface area (Å²) in [4.78, 5) is 12.9. The molecule has 3 rings (SSSR count). The molecule has 2 aliphatic carbocycles. The number of carbonyl (C=O) groups excluding carboxylic acids is 1. The van der Waals surface area contributed by atoms with Crippen molar-refractivity contribution in [3.63, 3.8) is 0 Å². The van der Waals surface area contributed by atoms with E-state index in [0.29, 0.717) is 12.8 Å². The van der Waals surface area contributed by atoms with Crippen molar-refractivity contribution in [1.29, 1.82) is 0 Å². The number of furan rings is 1. The molecule has 1 aromatic heterocycles. The third-order valence-corrected chi connectivity index (χ3v) is 6.10. The van der Waals surface area contributed by atoms with Crippen molar-refractivity contribution in [1.82, 2.24) is 0 Å². The predicted molar refractivity (Wildman–Crippen MR) is 95.0 cm³/mol. The molecule has 0 saturated heterocycles. The largest absolute Gasteiger partial charge is 0.468 e. The van der Waals surface area contributed by atoms with Crippen LogP contribution in [-0.2, 0) is 17.6 Å². The molecular formula is C20H25ClO3. The van der Waals surface area contributed by atoms with Crippen LogP contribution in [0.4, 0.5) is 0 Å². The number of rotatable bonds is 0. The molecule has 3 atom stereocenters. The van der Waals surface area contributed by atoms with E-state index < -0.39 is 11.0 Å². The third-order valence-electron chi connectivity index (χ3n) is 5.82. The molecule has 0 fully saturated rings. The number of ketones is 1. The number of Topliss-reactive ketones (excluding diaryl/α,β-unsaturated/α-hetero) is 1. The summed E-state index contributed by atoms with van der Waals surface area (Å²) in [6.07, 6.45) is 8.32. The molecule has 24 heavy (non-hydrogen) atoms. The SMILES string of the molecule is C/C1=C\CC[C@]2(C)C(=O)C(Cl)=C[C@@](C)(O)[C@H]2Cc2c(C)coc2C1. The van der Waals surface area contributed by atoms with E-state index in [0.717, 1.165) is 29.7 Å². The van der Waals surface area contributed by atoms with Crippen LogP contribution >= 0.6 is 11.6 Å². The number of aryl methyl sites for hydroxylation is 1. The van der Waals surface area contributed by atoms with Crippen LogP contribution in [-0.4, -0.2) is 16.5 Å². The lowest BCUT2D eigenvalue weighted by Gasteiger charge is -2.47. The number of aliphatic hydroxyl groups is 1. The number of halogens is 1. The molecule has 0 amide bonds. The van der Waals surface area contributed by atoms with E-state index in [1.165, 1.54) is 11.6 Å². The fraction of sp³-hybridized carbons (Fsp3) is 0.550. The normalized spacial score (nSPS) is 36.2. The van der Waals surface area contributed by atoms with E-state index in [4.69, 9.17) is 16.0 Å². The minimum absolute atomic E-state index is 0.0602. The van der Waals surface area contributed by atoms with E-state index >= 15 is 0 Å². The highest BCUT2D eigenvalue weighted by Gasteiger charge is 2.52. The Morgan fingerprint density at radius 1 is 1.33 bits per heavy atom. The van der Waals surface area contributed by atoms with E-state index in [-0.39, 0.29) is 16.7 Å². The van der Waals surface area contributed by atoms with E-state index in [2.05, 4.69) is 13.0 Å². The average molecular weight is 349 g/mol. The van der Waals surface area contributed by atoms with Gasteiger partial charge < -0.3 is 9.52 Å². The molecule has 4 heteroatoms. The van der Waals surface area contributed by atoms with Crippen LogP contribution in [0.1, 0.15) is 50.5 Å². The lowest BCUT2D eigenvalue weighted by atomic mass is 9.59. The van der Waals surface area contributed by atoms with Crippen LogP contribution in [0.3, 0.4) is 0 Å². The van der Waals surface area contributed by atoms with Crippen molar-refractivity contribution in [2.24, 2.45) is 11.3 Å². The van der Waals surface area contributed by atoms with Crippen LogP contribution in [0, 0.1) is 18.3 Å². The Labute approximate surface area is 148 Å². The van der Waals surface area contributed by atoms with Crippen molar-refractivity contribution < 1.29 is 14.3 Å². The van der Waals surface area contributed by atoms with Crippen LogP contribution in [0.15, 0.2) is 33.4 Å². The molecule has 0 unspecified atom stereocenters. The van der Waals surface area contributed by atoms with Gasteiger partial charge in [0.15, 0.2) is 5.78 Å². The van der Waals surface area contributed by atoms with Gasteiger partial charge in [0.05, 0.1) is 16.9 Å². The molecule has 0 aromatic carbocycles. The summed E-state index contributed by atoms with van der Waals surface area (Å²) >= 11 is 6.18. The monoisotopic (exact) mass is 348 g/mol. The van der Waals surface area contributed by atoms with Gasteiger partial charge in [0.1, 0.15) is 5.76 Å². The summed E-state index contributed by atoms with van der Waals surface area (Å²) in [5.74, 6) is 0.645. The third kappa shape index (κ3) is 2.78. The molecule has 1 aromatic rings. The van der Waals surface area contributed by atoms with E-state index in [1.54, 1.807) is 13.2 Å². The van der Waals surface area contributed by atoms with Gasteiger partial charge in [0.2, 0.25) is 0 Å². The highest BCUT2D eigenvalue weighted by atomic mass is 35.5. The quantitative estimate of drug-likeness (QED) is 0.703. The van der Waals surface area contributed by atoms with Gasteiger partial charge in [-0.2, -0.15) is 0 Å². The van der Waals surface area contributed by atoms with Gasteiger partial charge in [-0.1, -0.05) is 30.2 Å². The molecular weight excluding hydrogens is 324 g/mol. The first kappa shape index (κ1) is 17.5. The van der Waals surface area contributed by atoms with E-state index in [9.17, 15) is 9.90 Å². The Balaban J connectivity index is 2.16. The Morgan fingerprint density at radius 2 is 2.04 bits per heavy atom. The smallest absolute Gasteiger partial charge is 0.180 e. The van der Waals surface area contributed by atoms with Crippen LogP contribution in [0.2, 0.25) is 0 Å². The van der Waals surface area contributed by atoms with Crippen molar-refractivity contribution in [2.75, 3.05) is 0 Å². The Kier molecular flexibility index (Phi) is 4.29. The Bertz CT molecular complexity index is 738. The van der Waals surface area contributed by atoms with Gasteiger partial charge in [-0.05, 0) is 57.2 Å². The molecule has 1 N–H and O–H groups in total. The molecule has 0 saturated carbocycles. The fourth-order valence-corrected chi connectivity index (χ4v) is 4.75. The standard InChI is InChI=1S/C20H25ClO3/c1-12-6-5-7-19(3)17(20(4,23)10-15(21)18(19)22)9-14-13(2)11-24-16(14)8-12/h6,10-11,17,23H,5,7-9H2,1-4H3/b12-6+/t17-,19-,20+/m0/s1. The second kappa shape index (κ2) is 5.89. The summed E-state index contributed by atoms with van der Waals surface area (Å²) in [5.41, 5.74) is 1.61. The maximum Gasteiger partial charge on any atom is 0.180 e. The first-order valence-electron chi connectivity index (χ1n) is 8.52. The molecule has 0 radical (unpaired) electrons. The molecule has 3 nitrogen and oxygen atoms in total. The fourth-order valence-electron chi connectivity index (χ4n) is 4.31. The van der Waals surface area contributed by atoms with Gasteiger partial charge in [0.25, 0.3) is 0 Å². The summed E-state index contributed by atoms with van der Waals surface area (Å²) in [6.45, 7) is 7.82. The van der Waals surface area contributed by atoms with Gasteiger partial charge in [-0.25, -0.2) is 0 Å². The zero-order chi connectivity index (χ0) is 17.7. The zero-order valence-electron chi connectivity index (χ0n) is 14.8. The Hall–Kier alpha value is -1.32. The maximum atomic E-state index is 12.9. The topological polar surface area (TPSA) is 50.4 Å². The molecule has 0 aliphatic heterocycles. The van der Waals surface area contributed by atoms with Gasteiger partial charge in [-0.3, -0.25) is 4.79 Å². The second-order valence-electron chi connectivity index (χ2n) is 7.81. The van der Waals surface area contributed by atoms with Gasteiger partial charge in [0, 0.05) is 17.8 Å². The molecule has 2 aliphatic rings. The number of allylic oxidation sites excluding steroid dienone is 3. The Morgan fingerprint density at radius 3 is 2.75 bits per heavy atom. The minimum atomic E-state index is -1.13. The first-order valence-corrected chi connectivity index (χ1v) is 8.90. The van der Waals surface area contributed by atoms with Gasteiger partial charge in [-0.15, -0.1) is 0 Å². The summed E-state index contributed by atoms with van der Waals surface area (Å²) in [6, 6.07) is 0.